The molecule has 0 saturated carbocycles. The Hall–Kier alpha value is -6.26. The summed E-state index contributed by atoms with van der Waals surface area (Å²) in [6.45, 7) is 9.22. The number of aromatic hydroxyl groups is 1. The summed E-state index contributed by atoms with van der Waals surface area (Å²) in [5.41, 5.74) is 14.5. The number of hydrogen-bond donors (Lipinski definition) is 1. The fraction of sp³-hybridized carbons (Fsp3) is 0.160. The maximum Gasteiger partial charge on any atom is 0.149 e. The molecule has 1 aliphatic carbocycles. The van der Waals surface area contributed by atoms with E-state index in [-0.39, 0.29) is 16.6 Å². The minimum atomic E-state index is -0.0256. The van der Waals surface area contributed by atoms with Crippen LogP contribution >= 0.6 is 0 Å². The number of pyridine rings is 1. The van der Waals surface area contributed by atoms with Crippen LogP contribution in [0.5, 0.6) is 5.75 Å². The van der Waals surface area contributed by atoms with Crippen molar-refractivity contribution in [3.05, 3.63) is 169 Å². The van der Waals surface area contributed by atoms with Gasteiger partial charge in [-0.05, 0) is 123 Å². The second-order valence-electron chi connectivity index (χ2n) is 15.9. The fourth-order valence-electron chi connectivity index (χ4n) is 8.26. The highest BCUT2D eigenvalue weighted by Crippen LogP contribution is 2.50. The molecule has 1 N–H and O–H groups in total. The molecular weight excluding hydrogens is 659 g/mol. The summed E-state index contributed by atoms with van der Waals surface area (Å²) in [6.07, 6.45) is 4.06. The van der Waals surface area contributed by atoms with Gasteiger partial charge in [-0.2, -0.15) is 0 Å². The van der Waals surface area contributed by atoms with Gasteiger partial charge >= 0.3 is 0 Å². The van der Waals surface area contributed by atoms with E-state index in [1.807, 2.05) is 24.4 Å². The molecule has 264 valence electrons. The molecule has 8 aromatic rings. The Morgan fingerprint density at radius 2 is 1.11 bits per heavy atom. The summed E-state index contributed by atoms with van der Waals surface area (Å²) in [5.74, 6) is 0.978. The van der Waals surface area contributed by atoms with Gasteiger partial charge in [0.1, 0.15) is 11.6 Å². The zero-order valence-corrected chi connectivity index (χ0v) is 31.2. The molecule has 0 saturated heterocycles. The number of rotatable bonds is 6. The van der Waals surface area contributed by atoms with Crippen LogP contribution in [0.15, 0.2) is 158 Å². The lowest BCUT2D eigenvalue weighted by atomic mass is 9.63. The highest BCUT2D eigenvalue weighted by atomic mass is 16.3. The Kier molecular flexibility index (Phi) is 8.08. The van der Waals surface area contributed by atoms with Crippen LogP contribution in [0.4, 0.5) is 0 Å². The van der Waals surface area contributed by atoms with Gasteiger partial charge in [0.2, 0.25) is 0 Å². The van der Waals surface area contributed by atoms with Crippen molar-refractivity contribution in [3.63, 3.8) is 0 Å². The molecule has 1 aliphatic rings. The number of nitrogens with zero attached hydrogens (tertiary/aromatic N) is 3. The van der Waals surface area contributed by atoms with Crippen molar-refractivity contribution in [2.45, 2.75) is 51.4 Å². The number of aromatic nitrogens is 3. The molecule has 2 heterocycles. The van der Waals surface area contributed by atoms with Crippen LogP contribution in [-0.2, 0) is 10.8 Å². The predicted molar refractivity (Wildman–Crippen MR) is 223 cm³/mol. The topological polar surface area (TPSA) is 50.9 Å². The Morgan fingerprint density at radius 3 is 1.80 bits per heavy atom. The van der Waals surface area contributed by atoms with Gasteiger partial charge in [0.05, 0.1) is 22.3 Å². The lowest BCUT2D eigenvalue weighted by Crippen LogP contribution is -2.33. The van der Waals surface area contributed by atoms with E-state index in [0.29, 0.717) is 0 Å². The van der Waals surface area contributed by atoms with Crippen molar-refractivity contribution in [3.8, 4) is 67.5 Å². The monoisotopic (exact) mass is 701 g/mol. The van der Waals surface area contributed by atoms with Crippen molar-refractivity contribution >= 4 is 11.0 Å². The van der Waals surface area contributed by atoms with Crippen LogP contribution in [-0.4, -0.2) is 19.6 Å². The fourth-order valence-corrected chi connectivity index (χ4v) is 8.26. The maximum absolute atomic E-state index is 11.9. The first-order chi connectivity index (χ1) is 26.2. The minimum Gasteiger partial charge on any atom is -0.507 e. The van der Waals surface area contributed by atoms with E-state index in [1.165, 1.54) is 11.1 Å². The largest absolute Gasteiger partial charge is 0.507 e. The summed E-state index contributed by atoms with van der Waals surface area (Å²) in [7, 11) is 0. The van der Waals surface area contributed by atoms with Crippen molar-refractivity contribution in [1.29, 1.82) is 0 Å². The third-order valence-electron chi connectivity index (χ3n) is 11.4. The van der Waals surface area contributed by atoms with Gasteiger partial charge in [-0.3, -0.25) is 9.55 Å². The Morgan fingerprint density at radius 1 is 0.519 bits per heavy atom. The summed E-state index contributed by atoms with van der Waals surface area (Å²) in [4.78, 5) is 10.4. The normalized spacial score (nSPS) is 14.5. The molecular formula is C50H43N3O. The number of phenols is 1. The van der Waals surface area contributed by atoms with E-state index in [9.17, 15) is 5.11 Å². The smallest absolute Gasteiger partial charge is 0.149 e. The molecule has 4 nitrogen and oxygen atoms in total. The Labute approximate surface area is 317 Å². The van der Waals surface area contributed by atoms with Crippen LogP contribution in [0.3, 0.4) is 0 Å². The van der Waals surface area contributed by atoms with E-state index in [2.05, 4.69) is 166 Å². The maximum atomic E-state index is 11.9. The first-order valence-electron chi connectivity index (χ1n) is 18.8. The van der Waals surface area contributed by atoms with E-state index in [0.717, 1.165) is 85.6 Å². The van der Waals surface area contributed by atoms with Crippen molar-refractivity contribution in [1.82, 2.24) is 14.5 Å². The number of hydrogen-bond acceptors (Lipinski definition) is 3. The van der Waals surface area contributed by atoms with Crippen molar-refractivity contribution < 1.29 is 5.11 Å². The van der Waals surface area contributed by atoms with Gasteiger partial charge < -0.3 is 5.11 Å². The quantitative estimate of drug-likeness (QED) is 0.188. The minimum absolute atomic E-state index is 0.0233. The molecule has 0 fully saturated rings. The number of benzene rings is 6. The third kappa shape index (κ3) is 5.88. The van der Waals surface area contributed by atoms with Crippen LogP contribution in [0.25, 0.3) is 72.7 Å². The molecule has 0 unspecified atom stereocenters. The molecule has 6 aromatic carbocycles. The van der Waals surface area contributed by atoms with Gasteiger partial charge in [0, 0.05) is 23.0 Å². The molecule has 9 rings (SSSR count). The second-order valence-corrected chi connectivity index (χ2v) is 15.9. The molecule has 0 aliphatic heterocycles. The molecule has 2 aromatic heterocycles. The first kappa shape index (κ1) is 33.6. The van der Waals surface area contributed by atoms with Gasteiger partial charge in [0.15, 0.2) is 0 Å². The average molecular weight is 702 g/mol. The highest BCUT2D eigenvalue weighted by molar-refractivity contribution is 5.97. The van der Waals surface area contributed by atoms with E-state index >= 15 is 0 Å². The highest BCUT2D eigenvalue weighted by Gasteiger charge is 2.38. The van der Waals surface area contributed by atoms with Gasteiger partial charge in [-0.1, -0.05) is 119 Å². The number of phenolic OH excluding ortho intramolecular Hbond substituents is 1. The van der Waals surface area contributed by atoms with Crippen LogP contribution in [0.1, 0.15) is 51.7 Å². The van der Waals surface area contributed by atoms with E-state index in [4.69, 9.17) is 9.97 Å². The lowest BCUT2D eigenvalue weighted by molar-refractivity contribution is 0.330. The molecule has 0 radical (unpaired) electrons. The molecule has 0 atom stereocenters. The van der Waals surface area contributed by atoms with Crippen LogP contribution < -0.4 is 0 Å². The molecule has 4 heteroatoms. The summed E-state index contributed by atoms with van der Waals surface area (Å²) >= 11 is 0. The Bertz CT molecular complexity index is 2660. The molecule has 0 bridgehead atoms. The summed E-state index contributed by atoms with van der Waals surface area (Å²) in [6, 6.07) is 52.9. The molecule has 54 heavy (non-hydrogen) atoms. The predicted octanol–water partition coefficient (Wildman–Crippen LogP) is 12.8. The number of fused-ring (bicyclic) bond motifs is 2. The van der Waals surface area contributed by atoms with Crippen LogP contribution in [0.2, 0.25) is 0 Å². The lowest BCUT2D eigenvalue weighted by Gasteiger charge is -2.42. The molecule has 0 spiro atoms. The zero-order valence-electron chi connectivity index (χ0n) is 31.2. The van der Waals surface area contributed by atoms with Gasteiger partial charge in [-0.25, -0.2) is 4.98 Å². The van der Waals surface area contributed by atoms with Gasteiger partial charge in [0.25, 0.3) is 0 Å². The third-order valence-corrected chi connectivity index (χ3v) is 11.4. The zero-order chi connectivity index (χ0) is 37.0. The van der Waals surface area contributed by atoms with Crippen molar-refractivity contribution in [2.75, 3.05) is 0 Å². The Balaban J connectivity index is 1.28. The van der Waals surface area contributed by atoms with Crippen LogP contribution in [0, 0.1) is 0 Å². The molecule has 0 amide bonds. The average Bonchev–Trinajstić information content (AvgIpc) is 3.60. The SMILES string of the molecule is CC1(C)CCC(C)(C)c2cc(-c3nc4c(-c5cc(-c6ccccc6)cc(-c6cc(-c7ccccc7)ccn6)c5)cccc4n3-c3ccccc3)c(O)cc21. The number of para-hydroxylation sites is 2. The first-order valence-corrected chi connectivity index (χ1v) is 18.8. The van der Waals surface area contributed by atoms with Crippen molar-refractivity contribution in [2.24, 2.45) is 0 Å². The second kappa shape index (κ2) is 13.0. The van der Waals surface area contributed by atoms with E-state index < -0.39 is 0 Å². The summed E-state index contributed by atoms with van der Waals surface area (Å²) in [5, 5.41) is 11.9. The van der Waals surface area contributed by atoms with Gasteiger partial charge in [-0.15, -0.1) is 0 Å². The van der Waals surface area contributed by atoms with E-state index in [1.54, 1.807) is 0 Å². The number of imidazole rings is 1. The summed E-state index contributed by atoms with van der Waals surface area (Å²) < 4.78 is 2.20. The standard InChI is InChI=1S/C50H43N3O/c1-49(2)24-25-50(3,4)43-32-46(54)41(31-42(43)49)48-52-47-40(21-14-22-45(47)53(48)39-19-12-7-13-20-39)37-27-36(34-17-10-6-11-18-34)28-38(29-37)44-30-35(23-26-51-44)33-15-8-5-9-16-33/h5-23,26-32,54H,24-25H2,1-4H3.